The number of amidine groups is 1. The highest BCUT2D eigenvalue weighted by Crippen LogP contribution is 2.07. The quantitative estimate of drug-likeness (QED) is 0.382. The summed E-state index contributed by atoms with van der Waals surface area (Å²) in [4.78, 5) is 10.1. The third kappa shape index (κ3) is 3.84. The van der Waals surface area contributed by atoms with E-state index in [-0.39, 0.29) is 5.17 Å². The number of carbonyl (C=O) groups is 1. The largest absolute Gasteiger partial charge is 0.480 e. The van der Waals surface area contributed by atoms with Gasteiger partial charge >= 0.3 is 5.97 Å². The lowest BCUT2D eigenvalue weighted by molar-refractivity contribution is -0.136. The van der Waals surface area contributed by atoms with Crippen LogP contribution in [0.2, 0.25) is 0 Å². The van der Waals surface area contributed by atoms with Gasteiger partial charge in [0, 0.05) is 0 Å². The van der Waals surface area contributed by atoms with Gasteiger partial charge in [-0.3, -0.25) is 10.2 Å². The van der Waals surface area contributed by atoms with Gasteiger partial charge in [-0.15, -0.1) is 0 Å². The molecular formula is C4H8N2O2S. The van der Waals surface area contributed by atoms with Crippen LogP contribution in [0.4, 0.5) is 0 Å². The summed E-state index contributed by atoms with van der Waals surface area (Å²) in [6.45, 7) is 1.48. The van der Waals surface area contributed by atoms with Crippen LogP contribution in [0, 0.1) is 5.41 Å². The topological polar surface area (TPSA) is 87.2 Å². The summed E-state index contributed by atoms with van der Waals surface area (Å²) in [6.07, 6.45) is 0. The molecule has 0 rings (SSSR count). The third-order valence-corrected chi connectivity index (χ3v) is 1.46. The Morgan fingerprint density at radius 1 is 1.89 bits per heavy atom. The molecule has 0 aromatic carbocycles. The zero-order valence-electron chi connectivity index (χ0n) is 4.92. The first-order chi connectivity index (χ1) is 4.04. The molecule has 4 nitrogen and oxygen atoms in total. The van der Waals surface area contributed by atoms with E-state index < -0.39 is 11.2 Å². The Bertz CT molecular complexity index is 137. The van der Waals surface area contributed by atoms with Crippen LogP contribution in [0.25, 0.3) is 0 Å². The van der Waals surface area contributed by atoms with E-state index in [1.807, 2.05) is 0 Å². The van der Waals surface area contributed by atoms with Crippen LogP contribution in [-0.2, 0) is 4.79 Å². The summed E-state index contributed by atoms with van der Waals surface area (Å²) in [7, 11) is 0. The first-order valence-electron chi connectivity index (χ1n) is 2.27. The number of nitrogens with one attached hydrogen (secondary N) is 1. The van der Waals surface area contributed by atoms with Crippen LogP contribution in [0.15, 0.2) is 0 Å². The molecule has 0 saturated heterocycles. The van der Waals surface area contributed by atoms with E-state index in [4.69, 9.17) is 16.2 Å². The lowest BCUT2D eigenvalue weighted by Gasteiger charge is -2.01. The first-order valence-corrected chi connectivity index (χ1v) is 3.15. The van der Waals surface area contributed by atoms with Crippen molar-refractivity contribution in [2.45, 2.75) is 12.2 Å². The average Bonchev–Trinajstić information content (AvgIpc) is 1.63. The Kier molecular flexibility index (Phi) is 3.08. The van der Waals surface area contributed by atoms with Crippen LogP contribution < -0.4 is 5.73 Å². The van der Waals surface area contributed by atoms with E-state index in [2.05, 4.69) is 0 Å². The van der Waals surface area contributed by atoms with Crippen LogP contribution in [0.5, 0.6) is 0 Å². The molecule has 0 aliphatic rings. The van der Waals surface area contributed by atoms with Gasteiger partial charge in [0.1, 0.15) is 5.25 Å². The van der Waals surface area contributed by atoms with E-state index >= 15 is 0 Å². The highest BCUT2D eigenvalue weighted by molar-refractivity contribution is 8.14. The van der Waals surface area contributed by atoms with E-state index in [1.165, 1.54) is 6.92 Å². The minimum Gasteiger partial charge on any atom is -0.480 e. The third-order valence-electron chi connectivity index (χ3n) is 0.652. The van der Waals surface area contributed by atoms with E-state index in [9.17, 15) is 4.79 Å². The molecule has 0 radical (unpaired) electrons. The summed E-state index contributed by atoms with van der Waals surface area (Å²) in [5, 5.41) is 14.2. The number of thioether (sulfide) groups is 1. The molecule has 0 fully saturated rings. The molecule has 52 valence electrons. The second kappa shape index (κ2) is 3.34. The smallest absolute Gasteiger partial charge is 0.316 e. The Balaban J connectivity index is 3.63. The summed E-state index contributed by atoms with van der Waals surface area (Å²) in [6, 6.07) is 0. The van der Waals surface area contributed by atoms with E-state index in [1.54, 1.807) is 0 Å². The zero-order valence-corrected chi connectivity index (χ0v) is 5.73. The van der Waals surface area contributed by atoms with Crippen LogP contribution in [0.1, 0.15) is 6.92 Å². The standard InChI is InChI=1S/C4H8N2O2S/c1-2(3(7)8)9-4(5)6/h2H,1H3,(H3,5,6)(H,7,8). The molecule has 0 spiro atoms. The SMILES string of the molecule is CC(SC(=N)N)C(=O)O. The van der Waals surface area contributed by atoms with E-state index in [0.29, 0.717) is 0 Å². The molecule has 0 aliphatic heterocycles. The van der Waals surface area contributed by atoms with Crippen molar-refractivity contribution < 1.29 is 9.90 Å². The Labute approximate surface area is 56.9 Å². The Hall–Kier alpha value is -0.710. The number of nitrogens with two attached hydrogens (primary N) is 1. The van der Waals surface area contributed by atoms with Gasteiger partial charge in [0.2, 0.25) is 0 Å². The molecular weight excluding hydrogens is 140 g/mol. The average molecular weight is 148 g/mol. The van der Waals surface area contributed by atoms with Crippen molar-refractivity contribution in [1.82, 2.24) is 0 Å². The second-order valence-electron chi connectivity index (χ2n) is 1.46. The molecule has 0 amide bonds. The van der Waals surface area contributed by atoms with E-state index in [0.717, 1.165) is 11.8 Å². The van der Waals surface area contributed by atoms with Gasteiger partial charge in [-0.2, -0.15) is 0 Å². The van der Waals surface area contributed by atoms with Crippen molar-refractivity contribution in [1.29, 1.82) is 5.41 Å². The monoisotopic (exact) mass is 148 g/mol. The molecule has 0 aromatic heterocycles. The van der Waals surface area contributed by atoms with Crippen molar-refractivity contribution in [3.05, 3.63) is 0 Å². The molecule has 0 aliphatic carbocycles. The summed E-state index contributed by atoms with van der Waals surface area (Å²) >= 11 is 0.824. The summed E-state index contributed by atoms with van der Waals surface area (Å²) in [5.74, 6) is -0.949. The maximum Gasteiger partial charge on any atom is 0.316 e. The molecule has 0 bridgehead atoms. The summed E-state index contributed by atoms with van der Waals surface area (Å²) < 4.78 is 0. The van der Waals surface area contributed by atoms with Gasteiger partial charge < -0.3 is 10.8 Å². The van der Waals surface area contributed by atoms with Crippen molar-refractivity contribution in [3.8, 4) is 0 Å². The Morgan fingerprint density at radius 3 is 2.44 bits per heavy atom. The van der Waals surface area contributed by atoms with Gasteiger partial charge in [0.15, 0.2) is 5.17 Å². The number of hydrogen-bond donors (Lipinski definition) is 3. The minimum absolute atomic E-state index is 0.162. The van der Waals surface area contributed by atoms with Gasteiger partial charge in [0.25, 0.3) is 0 Å². The maximum absolute atomic E-state index is 10.1. The van der Waals surface area contributed by atoms with Crippen LogP contribution >= 0.6 is 11.8 Å². The Morgan fingerprint density at radius 2 is 2.33 bits per heavy atom. The highest BCUT2D eigenvalue weighted by atomic mass is 32.2. The molecule has 0 aromatic rings. The highest BCUT2D eigenvalue weighted by Gasteiger charge is 2.11. The van der Waals surface area contributed by atoms with Gasteiger partial charge in [-0.05, 0) is 6.92 Å². The first kappa shape index (κ1) is 8.29. The molecule has 0 heterocycles. The number of aliphatic carboxylic acids is 1. The van der Waals surface area contributed by atoms with Gasteiger partial charge in [0.05, 0.1) is 0 Å². The van der Waals surface area contributed by atoms with Crippen LogP contribution in [0.3, 0.4) is 0 Å². The zero-order chi connectivity index (χ0) is 7.44. The van der Waals surface area contributed by atoms with Crippen molar-refractivity contribution in [3.63, 3.8) is 0 Å². The number of carboxylic acid groups (broad SMARTS) is 1. The fraction of sp³-hybridized carbons (Fsp3) is 0.500. The van der Waals surface area contributed by atoms with Crippen molar-refractivity contribution >= 4 is 22.9 Å². The van der Waals surface area contributed by atoms with Crippen molar-refractivity contribution in [2.24, 2.45) is 5.73 Å². The normalized spacial score (nSPS) is 12.6. The molecule has 1 unspecified atom stereocenters. The van der Waals surface area contributed by atoms with Gasteiger partial charge in [-0.1, -0.05) is 11.8 Å². The van der Waals surface area contributed by atoms with Crippen LogP contribution in [-0.4, -0.2) is 21.5 Å². The predicted molar refractivity (Wildman–Crippen MR) is 36.6 cm³/mol. The lowest BCUT2D eigenvalue weighted by atomic mass is 10.5. The maximum atomic E-state index is 10.1. The second-order valence-corrected chi connectivity index (χ2v) is 2.85. The fourth-order valence-corrected chi connectivity index (χ4v) is 0.723. The number of carboxylic acids is 1. The molecule has 5 heteroatoms. The molecule has 0 saturated carbocycles. The lowest BCUT2D eigenvalue weighted by Crippen LogP contribution is -2.17. The minimum atomic E-state index is -0.949. The fourth-order valence-electron chi connectivity index (χ4n) is 0.241. The number of hydrogen-bond acceptors (Lipinski definition) is 3. The van der Waals surface area contributed by atoms with Gasteiger partial charge in [-0.25, -0.2) is 0 Å². The molecule has 4 N–H and O–H groups in total. The number of rotatable bonds is 2. The molecule has 9 heavy (non-hydrogen) atoms. The van der Waals surface area contributed by atoms with Crippen molar-refractivity contribution in [2.75, 3.05) is 0 Å². The predicted octanol–water partition coefficient (Wildman–Crippen LogP) is 0.0862. The summed E-state index contributed by atoms with van der Waals surface area (Å²) in [5.41, 5.74) is 4.91. The molecule has 1 atom stereocenters.